The van der Waals surface area contributed by atoms with E-state index in [2.05, 4.69) is 4.72 Å². The van der Waals surface area contributed by atoms with Gasteiger partial charge in [0.2, 0.25) is 10.0 Å². The summed E-state index contributed by atoms with van der Waals surface area (Å²) in [5.41, 5.74) is 0.0645. The lowest BCUT2D eigenvalue weighted by Crippen LogP contribution is -2.50. The molecule has 1 atom stereocenters. The zero-order valence-corrected chi connectivity index (χ0v) is 12.2. The SMILES string of the molecule is Cc1cc(S(=O)(=O)NC(C)(C)C(C)O)ccc1C#N. The predicted octanol–water partition coefficient (Wildman–Crippen LogP) is 1.30. The summed E-state index contributed by atoms with van der Waals surface area (Å²) < 4.78 is 26.9. The molecule has 6 heteroatoms. The van der Waals surface area contributed by atoms with Crippen molar-refractivity contribution in [3.05, 3.63) is 29.3 Å². The van der Waals surface area contributed by atoms with Crippen LogP contribution in [0.4, 0.5) is 0 Å². The molecule has 1 aromatic carbocycles. The van der Waals surface area contributed by atoms with Crippen LogP contribution in [-0.4, -0.2) is 25.2 Å². The van der Waals surface area contributed by atoms with E-state index in [4.69, 9.17) is 5.26 Å². The molecule has 0 fully saturated rings. The Labute approximate surface area is 113 Å². The van der Waals surface area contributed by atoms with Crippen LogP contribution in [0.15, 0.2) is 23.1 Å². The van der Waals surface area contributed by atoms with Crippen molar-refractivity contribution in [2.45, 2.75) is 44.2 Å². The van der Waals surface area contributed by atoms with E-state index >= 15 is 0 Å². The van der Waals surface area contributed by atoms with E-state index in [1.165, 1.54) is 25.1 Å². The van der Waals surface area contributed by atoms with E-state index in [0.29, 0.717) is 11.1 Å². The van der Waals surface area contributed by atoms with Crippen LogP contribution in [0.5, 0.6) is 0 Å². The third-order valence-electron chi connectivity index (χ3n) is 3.07. The van der Waals surface area contributed by atoms with Gasteiger partial charge in [-0.1, -0.05) is 0 Å². The van der Waals surface area contributed by atoms with Crippen LogP contribution in [0.3, 0.4) is 0 Å². The van der Waals surface area contributed by atoms with Crippen molar-refractivity contribution in [2.75, 3.05) is 0 Å². The molecule has 0 aliphatic carbocycles. The minimum Gasteiger partial charge on any atom is -0.391 e. The third-order valence-corrected chi connectivity index (χ3v) is 4.74. The van der Waals surface area contributed by atoms with Crippen LogP contribution in [-0.2, 0) is 10.0 Å². The van der Waals surface area contributed by atoms with Gasteiger partial charge < -0.3 is 5.11 Å². The molecule has 0 aliphatic heterocycles. The molecule has 1 aromatic rings. The van der Waals surface area contributed by atoms with Gasteiger partial charge in [-0.15, -0.1) is 0 Å². The molecule has 0 bridgehead atoms. The van der Waals surface area contributed by atoms with Crippen molar-refractivity contribution in [3.63, 3.8) is 0 Å². The summed E-state index contributed by atoms with van der Waals surface area (Å²) in [6, 6.07) is 6.28. The Morgan fingerprint density at radius 3 is 2.42 bits per heavy atom. The quantitative estimate of drug-likeness (QED) is 0.871. The van der Waals surface area contributed by atoms with Gasteiger partial charge in [0, 0.05) is 0 Å². The summed E-state index contributed by atoms with van der Waals surface area (Å²) >= 11 is 0. The highest BCUT2D eigenvalue weighted by atomic mass is 32.2. The minimum atomic E-state index is -3.73. The first-order valence-corrected chi connectivity index (χ1v) is 7.31. The highest BCUT2D eigenvalue weighted by molar-refractivity contribution is 7.89. The zero-order chi connectivity index (χ0) is 14.8. The molecule has 19 heavy (non-hydrogen) atoms. The number of aliphatic hydroxyl groups excluding tert-OH is 1. The lowest BCUT2D eigenvalue weighted by atomic mass is 10.0. The number of benzene rings is 1. The first-order valence-electron chi connectivity index (χ1n) is 5.83. The highest BCUT2D eigenvalue weighted by Gasteiger charge is 2.30. The first kappa shape index (κ1) is 15.6. The standard InChI is InChI=1S/C13H18N2O3S/c1-9-7-12(6-5-11(9)8-14)19(17,18)15-13(3,4)10(2)16/h5-7,10,15-16H,1-4H3. The molecule has 0 saturated carbocycles. The molecule has 0 heterocycles. The second kappa shape index (κ2) is 5.29. The Morgan fingerprint density at radius 1 is 1.42 bits per heavy atom. The van der Waals surface area contributed by atoms with Gasteiger partial charge >= 0.3 is 0 Å². The topological polar surface area (TPSA) is 90.2 Å². The smallest absolute Gasteiger partial charge is 0.241 e. The van der Waals surface area contributed by atoms with E-state index in [1.807, 2.05) is 6.07 Å². The summed E-state index contributed by atoms with van der Waals surface area (Å²) in [5.74, 6) is 0. The minimum absolute atomic E-state index is 0.0812. The molecule has 2 N–H and O–H groups in total. The predicted molar refractivity (Wildman–Crippen MR) is 72.0 cm³/mol. The lowest BCUT2D eigenvalue weighted by Gasteiger charge is -2.28. The van der Waals surface area contributed by atoms with Crippen LogP contribution in [0.2, 0.25) is 0 Å². The van der Waals surface area contributed by atoms with Gasteiger partial charge in [0.05, 0.1) is 28.2 Å². The Morgan fingerprint density at radius 2 is 2.00 bits per heavy atom. The molecule has 1 rings (SSSR count). The zero-order valence-electron chi connectivity index (χ0n) is 11.4. The number of aliphatic hydroxyl groups is 1. The van der Waals surface area contributed by atoms with Crippen molar-refractivity contribution < 1.29 is 13.5 Å². The van der Waals surface area contributed by atoms with Crippen LogP contribution in [0.1, 0.15) is 31.9 Å². The van der Waals surface area contributed by atoms with Crippen LogP contribution in [0, 0.1) is 18.3 Å². The van der Waals surface area contributed by atoms with Crippen molar-refractivity contribution in [2.24, 2.45) is 0 Å². The molecule has 0 saturated heterocycles. The first-order chi connectivity index (χ1) is 8.60. The Balaban J connectivity index is 3.16. The molecule has 104 valence electrons. The van der Waals surface area contributed by atoms with Crippen LogP contribution in [0.25, 0.3) is 0 Å². The van der Waals surface area contributed by atoms with E-state index in [9.17, 15) is 13.5 Å². The molecular formula is C13H18N2O3S. The molecular weight excluding hydrogens is 264 g/mol. The second-order valence-electron chi connectivity index (χ2n) is 5.09. The number of hydrogen-bond acceptors (Lipinski definition) is 4. The maximum atomic E-state index is 12.2. The summed E-state index contributed by atoms with van der Waals surface area (Å²) in [5, 5.41) is 18.4. The fourth-order valence-corrected chi connectivity index (χ4v) is 2.98. The lowest BCUT2D eigenvalue weighted by molar-refractivity contribution is 0.111. The number of aryl methyl sites for hydroxylation is 1. The number of sulfonamides is 1. The van der Waals surface area contributed by atoms with Crippen molar-refractivity contribution in [1.82, 2.24) is 4.72 Å². The molecule has 0 radical (unpaired) electrons. The van der Waals surface area contributed by atoms with Gasteiger partial charge in [-0.3, -0.25) is 0 Å². The molecule has 0 aromatic heterocycles. The summed E-state index contributed by atoms with van der Waals surface area (Å²) in [6.45, 7) is 6.40. The highest BCUT2D eigenvalue weighted by Crippen LogP contribution is 2.18. The number of hydrogen-bond donors (Lipinski definition) is 2. The summed E-state index contributed by atoms with van der Waals surface area (Å²) in [6.07, 6.45) is -0.832. The Hall–Kier alpha value is -1.42. The summed E-state index contributed by atoms with van der Waals surface area (Å²) in [7, 11) is -3.73. The van der Waals surface area contributed by atoms with Gasteiger partial charge in [-0.2, -0.15) is 5.26 Å². The van der Waals surface area contributed by atoms with Gasteiger partial charge in [0.1, 0.15) is 0 Å². The van der Waals surface area contributed by atoms with E-state index in [-0.39, 0.29) is 4.90 Å². The fraction of sp³-hybridized carbons (Fsp3) is 0.462. The molecule has 5 nitrogen and oxygen atoms in total. The van der Waals surface area contributed by atoms with Crippen LogP contribution >= 0.6 is 0 Å². The average Bonchev–Trinajstić information content (AvgIpc) is 2.27. The molecule has 0 aliphatic rings. The second-order valence-corrected chi connectivity index (χ2v) is 6.77. The van der Waals surface area contributed by atoms with Crippen molar-refractivity contribution in [3.8, 4) is 6.07 Å². The molecule has 0 spiro atoms. The fourth-order valence-electron chi connectivity index (χ4n) is 1.42. The Kier molecular flexibility index (Phi) is 4.35. The third kappa shape index (κ3) is 3.53. The molecule has 0 amide bonds. The Bertz CT molecular complexity index is 613. The van der Waals surface area contributed by atoms with E-state index in [1.54, 1.807) is 20.8 Å². The van der Waals surface area contributed by atoms with E-state index < -0.39 is 21.7 Å². The van der Waals surface area contributed by atoms with Gasteiger partial charge in [0.25, 0.3) is 0 Å². The average molecular weight is 282 g/mol. The normalized spacial score (nSPS) is 13.9. The maximum absolute atomic E-state index is 12.2. The number of nitrogens with one attached hydrogen (secondary N) is 1. The van der Waals surface area contributed by atoms with Crippen LogP contribution < -0.4 is 4.72 Å². The maximum Gasteiger partial charge on any atom is 0.241 e. The number of nitriles is 1. The van der Waals surface area contributed by atoms with E-state index in [0.717, 1.165) is 0 Å². The van der Waals surface area contributed by atoms with Gasteiger partial charge in [-0.05, 0) is 51.5 Å². The largest absolute Gasteiger partial charge is 0.391 e. The van der Waals surface area contributed by atoms with Crippen molar-refractivity contribution in [1.29, 1.82) is 5.26 Å². The monoisotopic (exact) mass is 282 g/mol. The summed E-state index contributed by atoms with van der Waals surface area (Å²) in [4.78, 5) is 0.0812. The number of nitrogens with zero attached hydrogens (tertiary/aromatic N) is 1. The van der Waals surface area contributed by atoms with Gasteiger partial charge in [0.15, 0.2) is 0 Å². The number of rotatable bonds is 4. The van der Waals surface area contributed by atoms with Gasteiger partial charge in [-0.25, -0.2) is 13.1 Å². The molecule has 1 unspecified atom stereocenters. The van der Waals surface area contributed by atoms with Crippen molar-refractivity contribution >= 4 is 10.0 Å².